The Balaban J connectivity index is 2.45. The number of para-hydroxylation sites is 2. The summed E-state index contributed by atoms with van der Waals surface area (Å²) in [6.45, 7) is 0. The molecule has 0 heterocycles. The molecule has 0 bridgehead atoms. The number of amides is 1. The van der Waals surface area contributed by atoms with Crippen molar-refractivity contribution in [2.24, 2.45) is 5.73 Å². The fourth-order valence-corrected chi connectivity index (χ4v) is 1.64. The van der Waals surface area contributed by atoms with E-state index in [4.69, 9.17) is 11.5 Å². The van der Waals surface area contributed by atoms with Crippen molar-refractivity contribution in [3.05, 3.63) is 53.6 Å². The number of rotatable bonds is 3. The van der Waals surface area contributed by atoms with E-state index in [0.29, 0.717) is 0 Å². The minimum atomic E-state index is -0.760. The van der Waals surface area contributed by atoms with E-state index in [1.54, 1.807) is 0 Å². The number of nitrogens with one attached hydrogen (secondary N) is 1. The lowest BCUT2D eigenvalue weighted by atomic mass is 10.1. The molecule has 0 aliphatic rings. The van der Waals surface area contributed by atoms with Crippen molar-refractivity contribution in [2.45, 2.75) is 0 Å². The average molecular weight is 263 g/mol. The maximum absolute atomic E-state index is 13.5. The van der Waals surface area contributed by atoms with Crippen LogP contribution >= 0.6 is 0 Å². The number of nitrogens with two attached hydrogens (primary N) is 2. The lowest BCUT2D eigenvalue weighted by molar-refractivity contribution is 0.100. The smallest absolute Gasteiger partial charge is 0.250 e. The van der Waals surface area contributed by atoms with Crippen LogP contribution in [0.4, 0.5) is 25.8 Å². The highest BCUT2D eigenvalue weighted by Crippen LogP contribution is 2.28. The van der Waals surface area contributed by atoms with Gasteiger partial charge in [0.1, 0.15) is 17.3 Å². The highest BCUT2D eigenvalue weighted by atomic mass is 19.1. The van der Waals surface area contributed by atoms with Crippen LogP contribution in [0.5, 0.6) is 0 Å². The molecular weight excluding hydrogens is 252 g/mol. The first-order chi connectivity index (χ1) is 9.00. The van der Waals surface area contributed by atoms with Gasteiger partial charge in [-0.15, -0.1) is 0 Å². The molecule has 19 heavy (non-hydrogen) atoms. The van der Waals surface area contributed by atoms with Crippen LogP contribution in [0.25, 0.3) is 0 Å². The molecule has 1 amide bonds. The molecule has 0 unspecified atom stereocenters. The Morgan fingerprint density at radius 3 is 2.21 bits per heavy atom. The van der Waals surface area contributed by atoms with E-state index in [9.17, 15) is 13.6 Å². The largest absolute Gasteiger partial charge is 0.396 e. The Labute approximate surface area is 108 Å². The molecule has 0 spiro atoms. The summed E-state index contributed by atoms with van der Waals surface area (Å²) in [6.07, 6.45) is 0. The number of anilines is 3. The number of carbonyl (C=O) groups is 1. The topological polar surface area (TPSA) is 81.1 Å². The lowest BCUT2D eigenvalue weighted by Crippen LogP contribution is -2.14. The number of hydrogen-bond acceptors (Lipinski definition) is 3. The van der Waals surface area contributed by atoms with Gasteiger partial charge in [0.25, 0.3) is 5.91 Å². The maximum Gasteiger partial charge on any atom is 0.250 e. The van der Waals surface area contributed by atoms with E-state index in [-0.39, 0.29) is 22.6 Å². The SMILES string of the molecule is NC(=O)c1cccc(Nc2c(F)cccc2F)c1N. The van der Waals surface area contributed by atoms with Crippen LogP contribution in [0.3, 0.4) is 0 Å². The minimum absolute atomic E-state index is 0.0395. The summed E-state index contributed by atoms with van der Waals surface area (Å²) in [7, 11) is 0. The zero-order chi connectivity index (χ0) is 14.0. The van der Waals surface area contributed by atoms with Crippen LogP contribution in [0.15, 0.2) is 36.4 Å². The second-order valence-corrected chi connectivity index (χ2v) is 3.85. The number of halogens is 2. The van der Waals surface area contributed by atoms with Crippen LogP contribution in [0.2, 0.25) is 0 Å². The molecule has 2 aromatic rings. The second kappa shape index (κ2) is 4.93. The number of hydrogen-bond donors (Lipinski definition) is 3. The van der Waals surface area contributed by atoms with Crippen molar-refractivity contribution in [1.82, 2.24) is 0 Å². The summed E-state index contributed by atoms with van der Waals surface area (Å²) >= 11 is 0. The van der Waals surface area contributed by atoms with Gasteiger partial charge in [0, 0.05) is 0 Å². The van der Waals surface area contributed by atoms with Gasteiger partial charge in [-0.1, -0.05) is 12.1 Å². The number of benzene rings is 2. The normalized spacial score (nSPS) is 10.2. The van der Waals surface area contributed by atoms with E-state index in [2.05, 4.69) is 5.32 Å². The highest BCUT2D eigenvalue weighted by molar-refractivity contribution is 6.01. The standard InChI is InChI=1S/C13H11F2N3O/c14-8-4-2-5-9(15)12(8)18-10-6-1-3-7(11(10)16)13(17)19/h1-6,18H,16H2,(H2,17,19). The molecule has 4 nitrogen and oxygen atoms in total. The summed E-state index contributed by atoms with van der Waals surface area (Å²) in [5.41, 5.74) is 10.9. The predicted octanol–water partition coefficient (Wildman–Crippen LogP) is 2.39. The molecule has 5 N–H and O–H groups in total. The molecule has 6 heteroatoms. The van der Waals surface area contributed by atoms with Gasteiger partial charge >= 0.3 is 0 Å². The molecule has 0 aliphatic carbocycles. The Kier molecular flexibility index (Phi) is 3.33. The van der Waals surface area contributed by atoms with Gasteiger partial charge in [-0.3, -0.25) is 4.79 Å². The van der Waals surface area contributed by atoms with E-state index in [0.717, 1.165) is 12.1 Å². The first-order valence-corrected chi connectivity index (χ1v) is 5.40. The quantitative estimate of drug-likeness (QED) is 0.744. The van der Waals surface area contributed by atoms with Gasteiger partial charge < -0.3 is 16.8 Å². The minimum Gasteiger partial charge on any atom is -0.396 e. The number of primary amides is 1. The zero-order valence-electron chi connectivity index (χ0n) is 9.78. The third-order valence-corrected chi connectivity index (χ3v) is 2.59. The molecular formula is C13H11F2N3O. The van der Waals surface area contributed by atoms with Crippen molar-refractivity contribution in [3.63, 3.8) is 0 Å². The van der Waals surface area contributed by atoms with Crippen molar-refractivity contribution < 1.29 is 13.6 Å². The van der Waals surface area contributed by atoms with Gasteiger partial charge in [0.05, 0.1) is 16.9 Å². The first-order valence-electron chi connectivity index (χ1n) is 5.40. The average Bonchev–Trinajstić information content (AvgIpc) is 2.35. The van der Waals surface area contributed by atoms with Crippen molar-refractivity contribution >= 4 is 23.0 Å². The molecule has 0 aromatic heterocycles. The van der Waals surface area contributed by atoms with E-state index in [1.165, 1.54) is 24.3 Å². The van der Waals surface area contributed by atoms with Gasteiger partial charge in [-0.25, -0.2) is 8.78 Å². The first kappa shape index (κ1) is 12.8. The molecule has 2 aromatic carbocycles. The third-order valence-electron chi connectivity index (χ3n) is 2.59. The van der Waals surface area contributed by atoms with Crippen LogP contribution in [0.1, 0.15) is 10.4 Å². The van der Waals surface area contributed by atoms with Crippen LogP contribution in [0, 0.1) is 11.6 Å². The van der Waals surface area contributed by atoms with Gasteiger partial charge in [-0.2, -0.15) is 0 Å². The van der Waals surface area contributed by atoms with Crippen molar-refractivity contribution in [3.8, 4) is 0 Å². The molecule has 0 radical (unpaired) electrons. The van der Waals surface area contributed by atoms with Crippen molar-refractivity contribution in [2.75, 3.05) is 11.1 Å². The maximum atomic E-state index is 13.5. The van der Waals surface area contributed by atoms with E-state index >= 15 is 0 Å². The molecule has 0 atom stereocenters. The fourth-order valence-electron chi connectivity index (χ4n) is 1.64. The summed E-state index contributed by atoms with van der Waals surface area (Å²) in [5.74, 6) is -2.23. The van der Waals surface area contributed by atoms with Crippen LogP contribution < -0.4 is 16.8 Å². The molecule has 0 fully saturated rings. The Morgan fingerprint density at radius 2 is 1.63 bits per heavy atom. The Morgan fingerprint density at radius 1 is 1.05 bits per heavy atom. The van der Waals surface area contributed by atoms with Crippen molar-refractivity contribution in [1.29, 1.82) is 0 Å². The van der Waals surface area contributed by atoms with E-state index < -0.39 is 17.5 Å². The number of carbonyl (C=O) groups excluding carboxylic acids is 1. The van der Waals surface area contributed by atoms with Gasteiger partial charge in [0.15, 0.2) is 0 Å². The lowest BCUT2D eigenvalue weighted by Gasteiger charge is -2.12. The zero-order valence-corrected chi connectivity index (χ0v) is 9.78. The third kappa shape index (κ3) is 2.47. The summed E-state index contributed by atoms with van der Waals surface area (Å²) in [4.78, 5) is 11.1. The molecule has 0 saturated heterocycles. The fraction of sp³-hybridized carbons (Fsp3) is 0. The van der Waals surface area contributed by atoms with Gasteiger partial charge in [0.2, 0.25) is 0 Å². The number of nitrogen functional groups attached to an aromatic ring is 1. The Bertz CT molecular complexity index is 624. The molecule has 98 valence electrons. The molecule has 2 rings (SSSR count). The van der Waals surface area contributed by atoms with Crippen LogP contribution in [-0.4, -0.2) is 5.91 Å². The van der Waals surface area contributed by atoms with Gasteiger partial charge in [-0.05, 0) is 24.3 Å². The second-order valence-electron chi connectivity index (χ2n) is 3.85. The summed E-state index contributed by atoms with van der Waals surface area (Å²) in [6, 6.07) is 7.91. The van der Waals surface area contributed by atoms with Crippen LogP contribution in [-0.2, 0) is 0 Å². The summed E-state index contributed by atoms with van der Waals surface area (Å²) < 4.78 is 27.0. The molecule has 0 aliphatic heterocycles. The predicted molar refractivity (Wildman–Crippen MR) is 69.0 cm³/mol. The summed E-state index contributed by atoms with van der Waals surface area (Å²) in [5, 5.41) is 2.52. The molecule has 0 saturated carbocycles. The highest BCUT2D eigenvalue weighted by Gasteiger charge is 2.13. The van der Waals surface area contributed by atoms with E-state index in [1.807, 2.05) is 0 Å². The Hall–Kier alpha value is -2.63. The monoisotopic (exact) mass is 263 g/mol.